The standard InChI is InChI=1S/C14H14.H2OS/c1-11-8-9-14(10-12(11)2)13-6-4-3-5-7-13;1-2/h3-10H,1-2H3;1-2H. The Morgan fingerprint density at radius 3 is 1.94 bits per heavy atom. The van der Waals surface area contributed by atoms with Crippen LogP contribution in [0.5, 0.6) is 0 Å². The van der Waals surface area contributed by atoms with Crippen LogP contribution < -0.4 is 0 Å². The molecule has 0 aliphatic rings. The monoisotopic (exact) mass is 232 g/mol. The van der Waals surface area contributed by atoms with E-state index in [1.807, 2.05) is 6.07 Å². The van der Waals surface area contributed by atoms with Gasteiger partial charge < -0.3 is 4.55 Å². The van der Waals surface area contributed by atoms with Crippen LogP contribution in [-0.2, 0) is 0 Å². The predicted molar refractivity (Wildman–Crippen MR) is 73.0 cm³/mol. The molecule has 0 spiro atoms. The highest BCUT2D eigenvalue weighted by atomic mass is 32.1. The molecule has 0 atom stereocenters. The third kappa shape index (κ3) is 3.12. The third-order valence-corrected chi connectivity index (χ3v) is 2.61. The van der Waals surface area contributed by atoms with Crippen molar-refractivity contribution < 1.29 is 4.55 Å². The molecule has 0 aliphatic carbocycles. The van der Waals surface area contributed by atoms with E-state index in [2.05, 4.69) is 69.2 Å². The maximum atomic E-state index is 6.69. The number of rotatable bonds is 1. The van der Waals surface area contributed by atoms with Gasteiger partial charge in [-0.1, -0.05) is 48.5 Å². The molecule has 2 heteroatoms. The molecule has 0 radical (unpaired) electrons. The Morgan fingerprint density at radius 1 is 0.750 bits per heavy atom. The molecule has 0 amide bonds. The zero-order valence-corrected chi connectivity index (χ0v) is 10.4. The van der Waals surface area contributed by atoms with Crippen LogP contribution in [0, 0.1) is 13.8 Å². The van der Waals surface area contributed by atoms with E-state index < -0.39 is 0 Å². The fraction of sp³-hybridized carbons (Fsp3) is 0.143. The van der Waals surface area contributed by atoms with Crippen LogP contribution in [0.3, 0.4) is 0 Å². The van der Waals surface area contributed by atoms with Gasteiger partial charge in [0.25, 0.3) is 0 Å². The van der Waals surface area contributed by atoms with Crippen LogP contribution in [0.4, 0.5) is 0 Å². The van der Waals surface area contributed by atoms with Crippen LogP contribution in [0.25, 0.3) is 11.1 Å². The second-order valence-corrected chi connectivity index (χ2v) is 3.67. The maximum Gasteiger partial charge on any atom is -0.0181 e. The summed E-state index contributed by atoms with van der Waals surface area (Å²) in [5, 5.41) is 0. The Morgan fingerprint density at radius 2 is 1.38 bits per heavy atom. The van der Waals surface area contributed by atoms with E-state index in [1.165, 1.54) is 22.3 Å². The molecule has 0 aliphatic heterocycles. The first-order valence-corrected chi connectivity index (χ1v) is 5.50. The van der Waals surface area contributed by atoms with Gasteiger partial charge in [-0.25, -0.2) is 0 Å². The Kier molecular flexibility index (Phi) is 5.09. The lowest BCUT2D eigenvalue weighted by molar-refractivity contribution is 0.679. The summed E-state index contributed by atoms with van der Waals surface area (Å²) in [6, 6.07) is 17.1. The van der Waals surface area contributed by atoms with Crippen molar-refractivity contribution in [2.45, 2.75) is 13.8 Å². The van der Waals surface area contributed by atoms with Crippen molar-refractivity contribution in [2.24, 2.45) is 0 Å². The van der Waals surface area contributed by atoms with E-state index in [0.29, 0.717) is 0 Å². The fourth-order valence-corrected chi connectivity index (χ4v) is 1.55. The van der Waals surface area contributed by atoms with Crippen LogP contribution in [0.15, 0.2) is 48.5 Å². The zero-order valence-electron chi connectivity index (χ0n) is 9.51. The first kappa shape index (κ1) is 12.8. The summed E-state index contributed by atoms with van der Waals surface area (Å²) in [7, 11) is 0. The van der Waals surface area contributed by atoms with E-state index >= 15 is 0 Å². The Hall–Kier alpha value is -1.25. The predicted octanol–water partition coefficient (Wildman–Crippen LogP) is 4.36. The lowest BCUT2D eigenvalue weighted by Gasteiger charge is -2.04. The Labute approximate surface area is 102 Å². The summed E-state index contributed by atoms with van der Waals surface area (Å²) in [5.74, 6) is 0. The summed E-state index contributed by atoms with van der Waals surface area (Å²) in [6.07, 6.45) is 0. The largest absolute Gasteiger partial charge is 0.333 e. The average molecular weight is 232 g/mol. The van der Waals surface area contributed by atoms with Crippen molar-refractivity contribution in [3.8, 4) is 11.1 Å². The van der Waals surface area contributed by atoms with Crippen LogP contribution in [0.2, 0.25) is 0 Å². The third-order valence-electron chi connectivity index (χ3n) is 2.61. The Bertz CT molecular complexity index is 438. The van der Waals surface area contributed by atoms with Gasteiger partial charge in [0.15, 0.2) is 0 Å². The summed E-state index contributed by atoms with van der Waals surface area (Å²) < 4.78 is 6.69. The van der Waals surface area contributed by atoms with Gasteiger partial charge in [-0.05, 0) is 49.0 Å². The van der Waals surface area contributed by atoms with Gasteiger partial charge in [-0.3, -0.25) is 0 Å². The number of thiol groups is 1. The molecule has 2 aromatic rings. The molecule has 0 aromatic heterocycles. The molecule has 2 aromatic carbocycles. The molecule has 1 nitrogen and oxygen atoms in total. The smallest absolute Gasteiger partial charge is 0.0181 e. The number of benzene rings is 2. The molecule has 1 N–H and O–H groups in total. The highest BCUT2D eigenvalue weighted by Crippen LogP contribution is 2.21. The first-order valence-electron chi connectivity index (χ1n) is 5.10. The molecule has 0 unspecified atom stereocenters. The van der Waals surface area contributed by atoms with Crippen molar-refractivity contribution in [1.29, 1.82) is 0 Å². The second kappa shape index (κ2) is 6.36. The number of aryl methyl sites for hydroxylation is 2. The molecule has 16 heavy (non-hydrogen) atoms. The molecule has 84 valence electrons. The lowest BCUT2D eigenvalue weighted by Crippen LogP contribution is -1.82. The van der Waals surface area contributed by atoms with Crippen molar-refractivity contribution in [1.82, 2.24) is 0 Å². The summed E-state index contributed by atoms with van der Waals surface area (Å²) in [6.45, 7) is 4.30. The first-order chi connectivity index (χ1) is 7.77. The summed E-state index contributed by atoms with van der Waals surface area (Å²) in [4.78, 5) is 0. The molecule has 2 rings (SSSR count). The number of hydrogen-bond donors (Lipinski definition) is 2. The van der Waals surface area contributed by atoms with E-state index in [4.69, 9.17) is 4.55 Å². The van der Waals surface area contributed by atoms with E-state index in [0.717, 1.165) is 0 Å². The molecular formula is C14H16OS. The number of hydrogen-bond acceptors (Lipinski definition) is 2. The summed E-state index contributed by atoms with van der Waals surface area (Å²) >= 11 is 2.53. The van der Waals surface area contributed by atoms with Crippen molar-refractivity contribution in [2.75, 3.05) is 0 Å². The second-order valence-electron chi connectivity index (χ2n) is 3.67. The molecule has 0 saturated heterocycles. The van der Waals surface area contributed by atoms with Crippen molar-refractivity contribution >= 4 is 12.9 Å². The molecule has 0 saturated carbocycles. The lowest BCUT2D eigenvalue weighted by atomic mass is 10.0. The van der Waals surface area contributed by atoms with E-state index in [-0.39, 0.29) is 0 Å². The maximum absolute atomic E-state index is 6.69. The van der Waals surface area contributed by atoms with Crippen LogP contribution >= 0.6 is 12.9 Å². The minimum Gasteiger partial charge on any atom is -0.333 e. The minimum atomic E-state index is 1.29. The molecular weight excluding hydrogens is 216 g/mol. The van der Waals surface area contributed by atoms with Crippen molar-refractivity contribution in [3.05, 3.63) is 59.7 Å². The average Bonchev–Trinajstić information content (AvgIpc) is 2.36. The highest BCUT2D eigenvalue weighted by Gasteiger charge is 1.97. The van der Waals surface area contributed by atoms with Gasteiger partial charge in [-0.2, -0.15) is 0 Å². The van der Waals surface area contributed by atoms with E-state index in [1.54, 1.807) is 0 Å². The van der Waals surface area contributed by atoms with Gasteiger partial charge in [0, 0.05) is 0 Å². The van der Waals surface area contributed by atoms with Crippen molar-refractivity contribution in [3.63, 3.8) is 0 Å². The SMILES string of the molecule is Cc1ccc(-c2ccccc2)cc1C.OS. The van der Waals surface area contributed by atoms with E-state index in [9.17, 15) is 0 Å². The van der Waals surface area contributed by atoms with Crippen LogP contribution in [-0.4, -0.2) is 4.55 Å². The summed E-state index contributed by atoms with van der Waals surface area (Å²) in [5.41, 5.74) is 5.29. The van der Waals surface area contributed by atoms with Gasteiger partial charge in [0.2, 0.25) is 0 Å². The van der Waals surface area contributed by atoms with Gasteiger partial charge in [-0.15, -0.1) is 0 Å². The van der Waals surface area contributed by atoms with Crippen LogP contribution in [0.1, 0.15) is 11.1 Å². The fourth-order valence-electron chi connectivity index (χ4n) is 1.55. The highest BCUT2D eigenvalue weighted by molar-refractivity contribution is 7.74. The molecule has 0 heterocycles. The van der Waals surface area contributed by atoms with Gasteiger partial charge in [0.1, 0.15) is 0 Å². The Balaban J connectivity index is 0.000000606. The van der Waals surface area contributed by atoms with Gasteiger partial charge >= 0.3 is 0 Å². The topological polar surface area (TPSA) is 20.2 Å². The minimum absolute atomic E-state index is 1.29. The molecule has 0 fully saturated rings. The van der Waals surface area contributed by atoms with Gasteiger partial charge in [0.05, 0.1) is 0 Å². The normalized spacial score (nSPS) is 9.25. The zero-order chi connectivity index (χ0) is 12.0. The quantitative estimate of drug-likeness (QED) is 0.553. The molecule has 0 bridgehead atoms.